The van der Waals surface area contributed by atoms with Gasteiger partial charge in [0.2, 0.25) is 15.2 Å². The molecule has 0 saturated heterocycles. The Morgan fingerprint density at radius 2 is 1.94 bits per heavy atom. The normalized spacial score (nSPS) is 14.2. The topological polar surface area (TPSA) is 161 Å². The van der Waals surface area contributed by atoms with Crippen LogP contribution in [0.4, 0.5) is 15.6 Å². The molecule has 2 aromatic heterocycles. The van der Waals surface area contributed by atoms with Crippen molar-refractivity contribution in [2.75, 3.05) is 16.9 Å². The van der Waals surface area contributed by atoms with Gasteiger partial charge in [0.15, 0.2) is 10.9 Å². The number of urea groups is 1. The molecule has 1 aliphatic rings. The number of Topliss-reactive ketones (excluding diaryl/α,β-unsaturated/α-hetero) is 1. The molecule has 1 aliphatic carbocycles. The first-order valence-electron chi connectivity index (χ1n) is 10.8. The SMILES string of the molecule is Cn1nnnc1Sc1sc(NC(=O)Nc2ccccc2C(=O)C2CCCC2)nc1CNS(C)(=O)=O. The van der Waals surface area contributed by atoms with Crippen molar-refractivity contribution in [3.8, 4) is 0 Å². The number of rotatable bonds is 9. The summed E-state index contributed by atoms with van der Waals surface area (Å²) in [7, 11) is -1.78. The molecule has 1 saturated carbocycles. The lowest BCUT2D eigenvalue weighted by molar-refractivity contribution is 0.0923. The van der Waals surface area contributed by atoms with E-state index in [0.717, 1.165) is 43.3 Å². The molecule has 2 heterocycles. The van der Waals surface area contributed by atoms with E-state index in [9.17, 15) is 18.0 Å². The fourth-order valence-corrected chi connectivity index (χ4v) is 6.02. The maximum Gasteiger partial charge on any atom is 0.325 e. The Labute approximate surface area is 210 Å². The Morgan fingerprint density at radius 1 is 1.20 bits per heavy atom. The molecule has 2 amide bonds. The van der Waals surface area contributed by atoms with Gasteiger partial charge in [-0.3, -0.25) is 10.1 Å². The number of aryl methyl sites for hydroxylation is 1. The predicted octanol–water partition coefficient (Wildman–Crippen LogP) is 2.88. The van der Waals surface area contributed by atoms with E-state index in [2.05, 4.69) is 35.9 Å². The fourth-order valence-electron chi connectivity index (χ4n) is 3.64. The van der Waals surface area contributed by atoms with Gasteiger partial charge in [-0.1, -0.05) is 36.3 Å². The van der Waals surface area contributed by atoms with Crippen LogP contribution in [0.3, 0.4) is 0 Å². The lowest BCUT2D eigenvalue weighted by atomic mass is 9.95. The van der Waals surface area contributed by atoms with Gasteiger partial charge in [-0.25, -0.2) is 27.6 Å². The molecule has 12 nitrogen and oxygen atoms in total. The molecule has 3 aromatic rings. The van der Waals surface area contributed by atoms with Crippen LogP contribution in [0.25, 0.3) is 0 Å². The zero-order chi connectivity index (χ0) is 25.0. The molecular formula is C20H24N8O4S3. The molecule has 1 aromatic carbocycles. The highest BCUT2D eigenvalue weighted by Gasteiger charge is 2.26. The molecule has 0 radical (unpaired) electrons. The summed E-state index contributed by atoms with van der Waals surface area (Å²) in [6.07, 6.45) is 4.86. The van der Waals surface area contributed by atoms with Crippen molar-refractivity contribution in [1.82, 2.24) is 29.9 Å². The van der Waals surface area contributed by atoms with Gasteiger partial charge in [0.25, 0.3) is 0 Å². The summed E-state index contributed by atoms with van der Waals surface area (Å²) < 4.78 is 27.6. The smallest absolute Gasteiger partial charge is 0.307 e. The quantitative estimate of drug-likeness (QED) is 0.349. The van der Waals surface area contributed by atoms with E-state index in [-0.39, 0.29) is 23.4 Å². The lowest BCUT2D eigenvalue weighted by Gasteiger charge is -2.13. The van der Waals surface area contributed by atoms with Gasteiger partial charge >= 0.3 is 6.03 Å². The summed E-state index contributed by atoms with van der Waals surface area (Å²) in [6.45, 7) is -0.0645. The van der Waals surface area contributed by atoms with Gasteiger partial charge in [0.1, 0.15) is 0 Å². The van der Waals surface area contributed by atoms with Gasteiger partial charge in [-0.15, -0.1) is 5.10 Å². The first kappa shape index (κ1) is 25.2. The molecule has 0 unspecified atom stereocenters. The van der Waals surface area contributed by atoms with Crippen LogP contribution in [0.15, 0.2) is 33.6 Å². The molecule has 15 heteroatoms. The number of hydrogen-bond acceptors (Lipinski definition) is 10. The number of anilines is 2. The Balaban J connectivity index is 1.50. The minimum Gasteiger partial charge on any atom is -0.307 e. The monoisotopic (exact) mass is 536 g/mol. The number of aromatic nitrogens is 5. The fraction of sp³-hybridized carbons (Fsp3) is 0.400. The summed E-state index contributed by atoms with van der Waals surface area (Å²) in [5, 5.41) is 17.4. The first-order chi connectivity index (χ1) is 16.7. The number of para-hydroxylation sites is 1. The highest BCUT2D eigenvalue weighted by Crippen LogP contribution is 2.36. The van der Waals surface area contributed by atoms with Crippen molar-refractivity contribution in [3.05, 3.63) is 35.5 Å². The van der Waals surface area contributed by atoms with Crippen LogP contribution in [-0.4, -0.2) is 51.7 Å². The van der Waals surface area contributed by atoms with Crippen molar-refractivity contribution in [1.29, 1.82) is 0 Å². The largest absolute Gasteiger partial charge is 0.325 e. The second-order valence-corrected chi connectivity index (χ2v) is 12.1. The average molecular weight is 537 g/mol. The summed E-state index contributed by atoms with van der Waals surface area (Å²) in [4.78, 5) is 30.1. The number of benzene rings is 1. The Bertz CT molecular complexity index is 1330. The van der Waals surface area contributed by atoms with E-state index in [1.165, 1.54) is 16.4 Å². The highest BCUT2D eigenvalue weighted by atomic mass is 32.2. The van der Waals surface area contributed by atoms with E-state index in [1.807, 2.05) is 0 Å². The predicted molar refractivity (Wildman–Crippen MR) is 132 cm³/mol. The van der Waals surface area contributed by atoms with Crippen molar-refractivity contribution in [2.45, 2.75) is 41.6 Å². The molecule has 0 atom stereocenters. The van der Waals surface area contributed by atoms with Crippen LogP contribution in [0.1, 0.15) is 41.7 Å². The van der Waals surface area contributed by atoms with Gasteiger partial charge in [-0.2, -0.15) is 0 Å². The van der Waals surface area contributed by atoms with Crippen LogP contribution < -0.4 is 15.4 Å². The number of amides is 2. The third-order valence-corrected chi connectivity index (χ3v) is 8.24. The van der Waals surface area contributed by atoms with Crippen LogP contribution in [0.5, 0.6) is 0 Å². The Kier molecular flexibility index (Phi) is 7.78. The molecule has 35 heavy (non-hydrogen) atoms. The molecule has 0 spiro atoms. The Hall–Kier alpha value is -2.88. The highest BCUT2D eigenvalue weighted by molar-refractivity contribution is 8.01. The number of hydrogen-bond donors (Lipinski definition) is 3. The number of carbonyl (C=O) groups excluding carboxylic acids is 2. The number of nitrogens with one attached hydrogen (secondary N) is 3. The van der Waals surface area contributed by atoms with Crippen molar-refractivity contribution in [2.24, 2.45) is 13.0 Å². The summed E-state index contributed by atoms with van der Waals surface area (Å²) in [5.74, 6) is 0.0253. The van der Waals surface area contributed by atoms with Crippen molar-refractivity contribution in [3.63, 3.8) is 0 Å². The van der Waals surface area contributed by atoms with Gasteiger partial charge in [0.05, 0.1) is 28.4 Å². The van der Waals surface area contributed by atoms with E-state index in [0.29, 0.717) is 26.3 Å². The first-order valence-corrected chi connectivity index (χ1v) is 14.3. The second kappa shape index (κ2) is 10.8. The van der Waals surface area contributed by atoms with Crippen molar-refractivity contribution < 1.29 is 18.0 Å². The van der Waals surface area contributed by atoms with E-state index >= 15 is 0 Å². The molecule has 186 valence electrons. The molecule has 0 aliphatic heterocycles. The minimum atomic E-state index is -3.46. The molecule has 1 fully saturated rings. The number of carbonyl (C=O) groups is 2. The Morgan fingerprint density at radius 3 is 2.63 bits per heavy atom. The van der Waals surface area contributed by atoms with Crippen LogP contribution in [-0.2, 0) is 23.6 Å². The standard InChI is InChI=1S/C20H24N8O4S3/c1-28-20(25-26-27-28)34-17-15(11-21-35(2,31)32)23-19(33-17)24-18(30)22-14-10-6-5-9-13(14)16(29)12-7-3-4-8-12/h5-6,9-10,12,21H,3-4,7-8,11H2,1-2H3,(H2,22,23,24,30). The minimum absolute atomic E-state index is 0.0143. The van der Waals surface area contributed by atoms with E-state index in [1.54, 1.807) is 31.3 Å². The summed E-state index contributed by atoms with van der Waals surface area (Å²) in [5.41, 5.74) is 1.33. The zero-order valence-corrected chi connectivity index (χ0v) is 21.5. The lowest BCUT2D eigenvalue weighted by Crippen LogP contribution is -2.23. The van der Waals surface area contributed by atoms with Crippen LogP contribution >= 0.6 is 23.1 Å². The molecule has 4 rings (SSSR count). The van der Waals surface area contributed by atoms with Gasteiger partial charge < -0.3 is 5.32 Å². The maximum absolute atomic E-state index is 12.9. The number of ketones is 1. The van der Waals surface area contributed by atoms with Gasteiger partial charge in [-0.05, 0) is 47.2 Å². The third kappa shape index (κ3) is 6.62. The van der Waals surface area contributed by atoms with Crippen LogP contribution in [0, 0.1) is 5.92 Å². The summed E-state index contributed by atoms with van der Waals surface area (Å²) in [6, 6.07) is 6.37. The molecule has 0 bridgehead atoms. The van der Waals surface area contributed by atoms with E-state index in [4.69, 9.17) is 0 Å². The molecule has 3 N–H and O–H groups in total. The average Bonchev–Trinajstić information content (AvgIpc) is 3.55. The number of nitrogens with zero attached hydrogens (tertiary/aromatic N) is 5. The number of tetrazole rings is 1. The van der Waals surface area contributed by atoms with Gasteiger partial charge in [0, 0.05) is 18.5 Å². The van der Waals surface area contributed by atoms with Crippen molar-refractivity contribution >= 4 is 55.8 Å². The molecular weight excluding hydrogens is 512 g/mol. The second-order valence-electron chi connectivity index (χ2n) is 8.00. The maximum atomic E-state index is 12.9. The van der Waals surface area contributed by atoms with E-state index < -0.39 is 16.1 Å². The third-order valence-electron chi connectivity index (χ3n) is 5.32. The number of thiazole rings is 1. The number of sulfonamides is 1. The van der Waals surface area contributed by atoms with Crippen LogP contribution in [0.2, 0.25) is 0 Å². The summed E-state index contributed by atoms with van der Waals surface area (Å²) >= 11 is 2.36. The zero-order valence-electron chi connectivity index (χ0n) is 19.0.